The number of hydrogen-bond donors (Lipinski definition) is 0. The minimum absolute atomic E-state index is 0.253. The van der Waals surface area contributed by atoms with Crippen molar-refractivity contribution in [2.24, 2.45) is 0 Å². The Balaban J connectivity index is 1.25. The van der Waals surface area contributed by atoms with E-state index in [4.69, 9.17) is 0 Å². The third kappa shape index (κ3) is 3.75. The number of fused-ring (bicyclic) bond motifs is 1. The van der Waals surface area contributed by atoms with Crippen LogP contribution in [0.15, 0.2) is 54.6 Å². The maximum Gasteiger partial charge on any atom is 0.184 e. The maximum atomic E-state index is 12.1. The molecule has 2 heterocycles. The molecule has 0 aromatic heterocycles. The van der Waals surface area contributed by atoms with E-state index >= 15 is 0 Å². The molecule has 4 nitrogen and oxygen atoms in total. The highest BCUT2D eigenvalue weighted by Crippen LogP contribution is 2.27. The minimum Gasteiger partial charge on any atom is -0.362 e. The van der Waals surface area contributed by atoms with Gasteiger partial charge in [0.05, 0.1) is 6.54 Å². The fourth-order valence-corrected chi connectivity index (χ4v) is 3.80. The molecule has 2 aliphatic rings. The topological polar surface area (TPSA) is 26.8 Å². The Labute approximate surface area is 149 Å². The van der Waals surface area contributed by atoms with E-state index in [0.29, 0.717) is 6.54 Å². The summed E-state index contributed by atoms with van der Waals surface area (Å²) < 4.78 is 0. The summed E-state index contributed by atoms with van der Waals surface area (Å²) in [5, 5.41) is 0. The van der Waals surface area contributed by atoms with Crippen molar-refractivity contribution in [3.63, 3.8) is 0 Å². The Bertz CT molecular complexity index is 723. The SMILES string of the molecule is O=C1CN(CCN2CCN(Cc3ccccc3)CC2)c2ccccc21. The molecule has 2 aromatic rings. The van der Waals surface area contributed by atoms with E-state index in [1.54, 1.807) is 0 Å². The molecule has 4 rings (SSSR count). The first kappa shape index (κ1) is 16.3. The van der Waals surface area contributed by atoms with Gasteiger partial charge in [-0.05, 0) is 17.7 Å². The first-order valence-corrected chi connectivity index (χ1v) is 9.15. The van der Waals surface area contributed by atoms with E-state index in [-0.39, 0.29) is 5.78 Å². The first-order valence-electron chi connectivity index (χ1n) is 9.15. The Morgan fingerprint density at radius 2 is 1.44 bits per heavy atom. The van der Waals surface area contributed by atoms with Gasteiger partial charge in [0.15, 0.2) is 5.78 Å². The van der Waals surface area contributed by atoms with Gasteiger partial charge in [-0.15, -0.1) is 0 Å². The van der Waals surface area contributed by atoms with Gasteiger partial charge in [-0.1, -0.05) is 42.5 Å². The van der Waals surface area contributed by atoms with E-state index in [1.807, 2.05) is 18.2 Å². The first-order chi connectivity index (χ1) is 12.3. The second-order valence-electron chi connectivity index (χ2n) is 6.97. The van der Waals surface area contributed by atoms with E-state index in [1.165, 1.54) is 5.56 Å². The number of hydrogen-bond acceptors (Lipinski definition) is 4. The van der Waals surface area contributed by atoms with E-state index in [2.05, 4.69) is 51.1 Å². The van der Waals surface area contributed by atoms with Crippen molar-refractivity contribution >= 4 is 11.5 Å². The Morgan fingerprint density at radius 3 is 2.24 bits per heavy atom. The molecular weight excluding hydrogens is 310 g/mol. The van der Waals surface area contributed by atoms with Crippen LogP contribution in [0.4, 0.5) is 5.69 Å². The van der Waals surface area contributed by atoms with Gasteiger partial charge >= 0.3 is 0 Å². The van der Waals surface area contributed by atoms with Gasteiger partial charge in [0, 0.05) is 57.1 Å². The van der Waals surface area contributed by atoms with Crippen molar-refractivity contribution in [3.8, 4) is 0 Å². The number of piperazine rings is 1. The van der Waals surface area contributed by atoms with E-state index < -0.39 is 0 Å². The molecule has 2 aliphatic heterocycles. The molecule has 25 heavy (non-hydrogen) atoms. The fourth-order valence-electron chi connectivity index (χ4n) is 3.80. The van der Waals surface area contributed by atoms with Gasteiger partial charge in [-0.25, -0.2) is 0 Å². The lowest BCUT2D eigenvalue weighted by Crippen LogP contribution is -2.48. The van der Waals surface area contributed by atoms with Crippen molar-refractivity contribution in [2.75, 3.05) is 50.7 Å². The van der Waals surface area contributed by atoms with Crippen LogP contribution in [0.25, 0.3) is 0 Å². The lowest BCUT2D eigenvalue weighted by atomic mass is 10.1. The van der Waals surface area contributed by atoms with Crippen molar-refractivity contribution in [1.29, 1.82) is 0 Å². The van der Waals surface area contributed by atoms with Crippen LogP contribution < -0.4 is 4.90 Å². The summed E-state index contributed by atoms with van der Waals surface area (Å²) in [6, 6.07) is 18.7. The number of anilines is 1. The maximum absolute atomic E-state index is 12.1. The number of ketones is 1. The second-order valence-corrected chi connectivity index (χ2v) is 6.97. The highest BCUT2D eigenvalue weighted by atomic mass is 16.1. The van der Waals surface area contributed by atoms with Crippen LogP contribution in [0.3, 0.4) is 0 Å². The molecule has 1 saturated heterocycles. The largest absolute Gasteiger partial charge is 0.362 e. The lowest BCUT2D eigenvalue weighted by molar-refractivity contribution is 0.101. The average Bonchev–Trinajstić information content (AvgIpc) is 2.98. The number of nitrogens with zero attached hydrogens (tertiary/aromatic N) is 3. The van der Waals surface area contributed by atoms with Crippen LogP contribution >= 0.6 is 0 Å². The number of carbonyl (C=O) groups is 1. The number of carbonyl (C=O) groups excluding carboxylic acids is 1. The number of benzene rings is 2. The number of rotatable bonds is 5. The summed E-state index contributed by atoms with van der Waals surface area (Å²) in [5.74, 6) is 0.253. The molecule has 0 unspecified atom stereocenters. The smallest absolute Gasteiger partial charge is 0.184 e. The van der Waals surface area contributed by atoms with Crippen LogP contribution in [0.2, 0.25) is 0 Å². The third-order valence-corrected chi connectivity index (χ3v) is 5.28. The molecule has 0 atom stereocenters. The van der Waals surface area contributed by atoms with E-state index in [0.717, 1.165) is 57.1 Å². The Hall–Kier alpha value is -2.17. The van der Waals surface area contributed by atoms with Gasteiger partial charge in [0.2, 0.25) is 0 Å². The van der Waals surface area contributed by atoms with Crippen molar-refractivity contribution < 1.29 is 4.79 Å². The summed E-state index contributed by atoms with van der Waals surface area (Å²) in [5.41, 5.74) is 3.38. The molecule has 1 fully saturated rings. The zero-order chi connectivity index (χ0) is 17.1. The van der Waals surface area contributed by atoms with Crippen LogP contribution in [-0.2, 0) is 6.54 Å². The molecule has 0 amide bonds. The molecule has 0 aliphatic carbocycles. The van der Waals surface area contributed by atoms with Crippen molar-refractivity contribution in [1.82, 2.24) is 9.80 Å². The quantitative estimate of drug-likeness (QED) is 0.839. The standard InChI is InChI=1S/C21H25N3O/c25-21-17-24(20-9-5-4-8-19(20)21)15-14-22-10-12-23(13-11-22)16-18-6-2-1-3-7-18/h1-9H,10-17H2. The summed E-state index contributed by atoms with van der Waals surface area (Å²) >= 11 is 0. The molecule has 0 bridgehead atoms. The highest BCUT2D eigenvalue weighted by Gasteiger charge is 2.26. The Morgan fingerprint density at radius 1 is 0.760 bits per heavy atom. The normalized spacial score (nSPS) is 18.6. The monoisotopic (exact) mass is 335 g/mol. The molecule has 0 N–H and O–H groups in total. The van der Waals surface area contributed by atoms with Crippen LogP contribution in [0.1, 0.15) is 15.9 Å². The van der Waals surface area contributed by atoms with Gasteiger partial charge in [0.25, 0.3) is 0 Å². The molecule has 0 radical (unpaired) electrons. The molecule has 0 spiro atoms. The molecule has 4 heteroatoms. The molecule has 0 saturated carbocycles. The molecular formula is C21H25N3O. The van der Waals surface area contributed by atoms with Gasteiger partial charge in [0.1, 0.15) is 0 Å². The predicted molar refractivity (Wildman–Crippen MR) is 101 cm³/mol. The van der Waals surface area contributed by atoms with Gasteiger partial charge < -0.3 is 4.90 Å². The highest BCUT2D eigenvalue weighted by molar-refractivity contribution is 6.08. The lowest BCUT2D eigenvalue weighted by Gasteiger charge is -2.35. The summed E-state index contributed by atoms with van der Waals surface area (Å²) in [4.78, 5) is 19.4. The molecule has 2 aromatic carbocycles. The van der Waals surface area contributed by atoms with E-state index in [9.17, 15) is 4.79 Å². The zero-order valence-corrected chi connectivity index (χ0v) is 14.6. The third-order valence-electron chi connectivity index (χ3n) is 5.28. The van der Waals surface area contributed by atoms with Crippen LogP contribution in [-0.4, -0.2) is 61.4 Å². The second kappa shape index (κ2) is 7.38. The van der Waals surface area contributed by atoms with Crippen molar-refractivity contribution in [2.45, 2.75) is 6.54 Å². The summed E-state index contributed by atoms with van der Waals surface area (Å²) in [7, 11) is 0. The average molecular weight is 335 g/mol. The zero-order valence-electron chi connectivity index (χ0n) is 14.6. The minimum atomic E-state index is 0.253. The Kier molecular flexibility index (Phi) is 4.81. The van der Waals surface area contributed by atoms with Crippen molar-refractivity contribution in [3.05, 3.63) is 65.7 Å². The van der Waals surface area contributed by atoms with Gasteiger partial charge in [-0.3, -0.25) is 14.6 Å². The fraction of sp³-hybridized carbons (Fsp3) is 0.381. The molecule has 130 valence electrons. The van der Waals surface area contributed by atoms with Crippen LogP contribution in [0, 0.1) is 0 Å². The number of Topliss-reactive ketones (excluding diaryl/α,β-unsaturated/α-hetero) is 1. The summed E-state index contributed by atoms with van der Waals surface area (Å²) in [6.45, 7) is 7.99. The number of para-hydroxylation sites is 1. The van der Waals surface area contributed by atoms with Gasteiger partial charge in [-0.2, -0.15) is 0 Å². The van der Waals surface area contributed by atoms with Crippen LogP contribution in [0.5, 0.6) is 0 Å². The summed E-state index contributed by atoms with van der Waals surface area (Å²) in [6.07, 6.45) is 0. The predicted octanol–water partition coefficient (Wildman–Crippen LogP) is 2.51.